The number of furan rings is 1. The van der Waals surface area contributed by atoms with Gasteiger partial charge in [0, 0.05) is 29.3 Å². The number of amides is 1. The van der Waals surface area contributed by atoms with E-state index in [9.17, 15) is 4.79 Å². The number of rotatable bonds is 6. The summed E-state index contributed by atoms with van der Waals surface area (Å²) in [5.41, 5.74) is 2.32. The molecule has 0 atom stereocenters. The second kappa shape index (κ2) is 7.61. The zero-order valence-corrected chi connectivity index (χ0v) is 14.4. The van der Waals surface area contributed by atoms with Crippen molar-refractivity contribution in [1.82, 2.24) is 9.55 Å². The Labute approximate surface area is 156 Å². The second-order valence-electron chi connectivity index (χ2n) is 5.85. The molecule has 0 fully saturated rings. The quantitative estimate of drug-likeness (QED) is 0.557. The van der Waals surface area contributed by atoms with Crippen molar-refractivity contribution < 1.29 is 13.9 Å². The summed E-state index contributed by atoms with van der Waals surface area (Å²) in [5.74, 6) is 0.659. The van der Waals surface area contributed by atoms with Gasteiger partial charge in [0.25, 0.3) is 5.91 Å². The van der Waals surface area contributed by atoms with Crippen LogP contribution in [0.25, 0.3) is 5.69 Å². The van der Waals surface area contributed by atoms with Gasteiger partial charge in [-0.2, -0.15) is 0 Å². The van der Waals surface area contributed by atoms with Crippen molar-refractivity contribution in [3.63, 3.8) is 0 Å². The Balaban J connectivity index is 1.42. The summed E-state index contributed by atoms with van der Waals surface area (Å²) in [6.07, 6.45) is 6.78. The molecule has 1 N–H and O–H groups in total. The molecule has 0 radical (unpaired) electrons. The van der Waals surface area contributed by atoms with E-state index in [1.807, 2.05) is 65.4 Å². The topological polar surface area (TPSA) is 69.3 Å². The fraction of sp³-hybridized carbons (Fsp3) is 0.0476. The minimum atomic E-state index is -0.318. The van der Waals surface area contributed by atoms with E-state index in [4.69, 9.17) is 9.15 Å². The summed E-state index contributed by atoms with van der Waals surface area (Å²) in [5, 5.41) is 2.84. The number of nitrogens with one attached hydrogen (secondary N) is 1. The van der Waals surface area contributed by atoms with Crippen LogP contribution in [-0.2, 0) is 6.61 Å². The van der Waals surface area contributed by atoms with Gasteiger partial charge in [-0.3, -0.25) is 4.79 Å². The van der Waals surface area contributed by atoms with Crippen molar-refractivity contribution in [3.8, 4) is 11.4 Å². The first kappa shape index (κ1) is 16.7. The number of hydrogen-bond acceptors (Lipinski definition) is 4. The first-order chi connectivity index (χ1) is 13.3. The molecule has 134 valence electrons. The molecule has 2 heterocycles. The maximum absolute atomic E-state index is 12.5. The second-order valence-corrected chi connectivity index (χ2v) is 5.85. The molecule has 0 saturated heterocycles. The maximum Gasteiger partial charge on any atom is 0.291 e. The smallest absolute Gasteiger partial charge is 0.291 e. The molecule has 0 aliphatic heterocycles. The van der Waals surface area contributed by atoms with Crippen LogP contribution in [0.4, 0.5) is 5.69 Å². The number of anilines is 1. The highest BCUT2D eigenvalue weighted by molar-refractivity contribution is 6.03. The molecule has 0 spiro atoms. The molecule has 1 amide bonds. The lowest BCUT2D eigenvalue weighted by molar-refractivity contribution is 0.0993. The van der Waals surface area contributed by atoms with E-state index in [-0.39, 0.29) is 18.3 Å². The van der Waals surface area contributed by atoms with Crippen LogP contribution in [0, 0.1) is 0 Å². The number of benzene rings is 2. The van der Waals surface area contributed by atoms with Crippen molar-refractivity contribution in [3.05, 3.63) is 97.0 Å². The van der Waals surface area contributed by atoms with Gasteiger partial charge >= 0.3 is 0 Å². The molecular weight excluding hydrogens is 342 g/mol. The largest absolute Gasteiger partial charge is 0.489 e. The van der Waals surface area contributed by atoms with Crippen LogP contribution in [0.1, 0.15) is 16.1 Å². The van der Waals surface area contributed by atoms with E-state index in [1.165, 1.54) is 6.26 Å². The number of nitrogens with zero attached hydrogens (tertiary/aromatic N) is 2. The first-order valence-electron chi connectivity index (χ1n) is 8.43. The summed E-state index contributed by atoms with van der Waals surface area (Å²) in [4.78, 5) is 16.6. The predicted molar refractivity (Wildman–Crippen MR) is 101 cm³/mol. The standard InChI is InChI=1S/C21H17N3O3/c25-21(23-17-6-8-18(9-7-17)24-12-11-22-15-24)20-16(10-13-26-20)14-27-19-4-2-1-3-5-19/h1-13,15H,14H2,(H,23,25). The first-order valence-corrected chi connectivity index (χ1v) is 8.43. The van der Waals surface area contributed by atoms with Crippen molar-refractivity contribution in [2.75, 3.05) is 5.32 Å². The van der Waals surface area contributed by atoms with Gasteiger partial charge in [-0.15, -0.1) is 0 Å². The van der Waals surface area contributed by atoms with Crippen molar-refractivity contribution in [2.24, 2.45) is 0 Å². The molecule has 0 bridgehead atoms. The van der Waals surface area contributed by atoms with Crippen molar-refractivity contribution >= 4 is 11.6 Å². The Morgan fingerprint density at radius 2 is 1.89 bits per heavy atom. The summed E-state index contributed by atoms with van der Waals surface area (Å²) in [6, 6.07) is 18.6. The highest BCUT2D eigenvalue weighted by Gasteiger charge is 2.16. The van der Waals surface area contributed by atoms with E-state index in [1.54, 1.807) is 18.6 Å². The number of hydrogen-bond donors (Lipinski definition) is 1. The summed E-state index contributed by atoms with van der Waals surface area (Å²) < 4.78 is 13.0. The van der Waals surface area contributed by atoms with Crippen LogP contribution in [0.2, 0.25) is 0 Å². The van der Waals surface area contributed by atoms with Crippen molar-refractivity contribution in [2.45, 2.75) is 6.61 Å². The lowest BCUT2D eigenvalue weighted by atomic mass is 10.2. The summed E-state index contributed by atoms with van der Waals surface area (Å²) in [7, 11) is 0. The third-order valence-corrected chi connectivity index (χ3v) is 4.02. The Morgan fingerprint density at radius 3 is 2.63 bits per heavy atom. The molecule has 0 aliphatic carbocycles. The van der Waals surface area contributed by atoms with Gasteiger partial charge < -0.3 is 19.0 Å². The third-order valence-electron chi connectivity index (χ3n) is 4.02. The van der Waals surface area contributed by atoms with E-state index in [0.717, 1.165) is 11.4 Å². The van der Waals surface area contributed by atoms with Gasteiger partial charge in [0.15, 0.2) is 5.76 Å². The molecule has 27 heavy (non-hydrogen) atoms. The van der Waals surface area contributed by atoms with Gasteiger partial charge in [-0.05, 0) is 42.5 Å². The number of ether oxygens (including phenoxy) is 1. The number of carbonyl (C=O) groups excluding carboxylic acids is 1. The van der Waals surface area contributed by atoms with Gasteiger partial charge in [0.2, 0.25) is 0 Å². The van der Waals surface area contributed by atoms with E-state index in [0.29, 0.717) is 11.3 Å². The average Bonchev–Trinajstić information content (AvgIpc) is 3.40. The maximum atomic E-state index is 12.5. The Kier molecular flexibility index (Phi) is 4.70. The van der Waals surface area contributed by atoms with Crippen LogP contribution in [0.5, 0.6) is 5.75 Å². The van der Waals surface area contributed by atoms with Crippen molar-refractivity contribution in [1.29, 1.82) is 0 Å². The molecule has 4 aromatic rings. The fourth-order valence-corrected chi connectivity index (χ4v) is 2.64. The van der Waals surface area contributed by atoms with E-state index < -0.39 is 0 Å². The Morgan fingerprint density at radius 1 is 1.07 bits per heavy atom. The summed E-state index contributed by atoms with van der Waals surface area (Å²) >= 11 is 0. The Hall–Kier alpha value is -3.80. The fourth-order valence-electron chi connectivity index (χ4n) is 2.64. The third kappa shape index (κ3) is 3.90. The normalized spacial score (nSPS) is 10.5. The van der Waals surface area contributed by atoms with Crippen LogP contribution >= 0.6 is 0 Å². The van der Waals surface area contributed by atoms with Crippen LogP contribution in [-0.4, -0.2) is 15.5 Å². The van der Waals surface area contributed by atoms with Gasteiger partial charge in [-0.25, -0.2) is 4.98 Å². The van der Waals surface area contributed by atoms with Gasteiger partial charge in [0.05, 0.1) is 12.6 Å². The average molecular weight is 359 g/mol. The number of aromatic nitrogens is 2. The molecule has 4 rings (SSSR count). The van der Waals surface area contributed by atoms with Crippen LogP contribution < -0.4 is 10.1 Å². The zero-order valence-electron chi connectivity index (χ0n) is 14.4. The van der Waals surface area contributed by atoms with Gasteiger partial charge in [-0.1, -0.05) is 18.2 Å². The van der Waals surface area contributed by atoms with Crippen LogP contribution in [0.3, 0.4) is 0 Å². The van der Waals surface area contributed by atoms with E-state index >= 15 is 0 Å². The molecule has 0 aliphatic rings. The van der Waals surface area contributed by atoms with Gasteiger partial charge in [0.1, 0.15) is 12.4 Å². The number of para-hydroxylation sites is 1. The molecule has 6 nitrogen and oxygen atoms in total. The SMILES string of the molecule is O=C(Nc1ccc(-n2ccnc2)cc1)c1occc1COc1ccccc1. The molecule has 0 unspecified atom stereocenters. The summed E-state index contributed by atoms with van der Waals surface area (Å²) in [6.45, 7) is 0.253. The number of imidazole rings is 1. The molecule has 6 heteroatoms. The predicted octanol–water partition coefficient (Wildman–Crippen LogP) is 4.30. The molecule has 0 saturated carbocycles. The molecular formula is C21H17N3O3. The highest BCUT2D eigenvalue weighted by atomic mass is 16.5. The molecule has 2 aromatic heterocycles. The monoisotopic (exact) mass is 359 g/mol. The molecule has 2 aromatic carbocycles. The minimum Gasteiger partial charge on any atom is -0.489 e. The van der Waals surface area contributed by atoms with Crippen LogP contribution in [0.15, 0.2) is 90.1 Å². The highest BCUT2D eigenvalue weighted by Crippen LogP contribution is 2.18. The lowest BCUT2D eigenvalue weighted by Gasteiger charge is -2.08. The number of carbonyl (C=O) groups is 1. The van der Waals surface area contributed by atoms with E-state index in [2.05, 4.69) is 10.3 Å². The zero-order chi connectivity index (χ0) is 18.5. The minimum absolute atomic E-state index is 0.240. The lowest BCUT2D eigenvalue weighted by Crippen LogP contribution is -2.13. The Bertz CT molecular complexity index is 1010.